The highest BCUT2D eigenvalue weighted by Gasteiger charge is 2.12. The maximum absolute atomic E-state index is 11.4. The molecule has 1 heterocycles. The molecule has 4 N–H and O–H groups in total. The highest BCUT2D eigenvalue weighted by atomic mass is 16.4. The molecule has 2 amide bonds. The monoisotopic (exact) mass is 267 g/mol. The van der Waals surface area contributed by atoms with Gasteiger partial charge in [0.2, 0.25) is 0 Å². The lowest BCUT2D eigenvalue weighted by atomic mass is 10.2. The molecule has 0 bridgehead atoms. The van der Waals surface area contributed by atoms with Gasteiger partial charge in [-0.1, -0.05) is 6.07 Å². The number of nitrogens with zero attached hydrogens (tertiary/aromatic N) is 1. The minimum Gasteiger partial charge on any atom is -0.479 e. The van der Waals surface area contributed by atoms with Crippen molar-refractivity contribution in [3.05, 3.63) is 29.6 Å². The molecule has 19 heavy (non-hydrogen) atoms. The van der Waals surface area contributed by atoms with E-state index in [1.165, 1.54) is 0 Å². The summed E-state index contributed by atoms with van der Waals surface area (Å²) in [5, 5.41) is 22.5. The second-order valence-corrected chi connectivity index (χ2v) is 4.06. The molecule has 0 aliphatic rings. The number of rotatable bonds is 6. The standard InChI is InChI=1S/C12H17N3O4/c1-8-2-3-9(6-14-8)7-15-12(19)13-5-4-10(16)11(17)18/h2-3,6,10,16H,4-5,7H2,1H3,(H,17,18)(H2,13,15,19)/t10-/m0/s1. The van der Waals surface area contributed by atoms with Crippen molar-refractivity contribution in [3.8, 4) is 0 Å². The smallest absolute Gasteiger partial charge is 0.332 e. The number of hydrogen-bond acceptors (Lipinski definition) is 4. The maximum Gasteiger partial charge on any atom is 0.332 e. The Kier molecular flexibility index (Phi) is 5.74. The molecule has 1 atom stereocenters. The molecule has 0 saturated heterocycles. The third kappa shape index (κ3) is 5.82. The maximum atomic E-state index is 11.4. The van der Waals surface area contributed by atoms with Crippen LogP contribution in [-0.4, -0.2) is 39.8 Å². The van der Waals surface area contributed by atoms with Crippen LogP contribution >= 0.6 is 0 Å². The molecule has 0 aliphatic heterocycles. The second-order valence-electron chi connectivity index (χ2n) is 4.06. The van der Waals surface area contributed by atoms with Crippen molar-refractivity contribution in [1.29, 1.82) is 0 Å². The van der Waals surface area contributed by atoms with Gasteiger partial charge in [-0.25, -0.2) is 9.59 Å². The van der Waals surface area contributed by atoms with E-state index in [9.17, 15) is 9.59 Å². The zero-order valence-corrected chi connectivity index (χ0v) is 10.6. The summed E-state index contributed by atoms with van der Waals surface area (Å²) in [4.78, 5) is 25.8. The summed E-state index contributed by atoms with van der Waals surface area (Å²) in [7, 11) is 0. The first kappa shape index (κ1) is 14.9. The van der Waals surface area contributed by atoms with E-state index in [4.69, 9.17) is 10.2 Å². The second kappa shape index (κ2) is 7.32. The molecule has 0 fully saturated rings. The van der Waals surface area contributed by atoms with Crippen LogP contribution in [0, 0.1) is 6.92 Å². The largest absolute Gasteiger partial charge is 0.479 e. The van der Waals surface area contributed by atoms with Gasteiger partial charge in [0, 0.05) is 31.4 Å². The normalized spacial score (nSPS) is 11.7. The van der Waals surface area contributed by atoms with Crippen LogP contribution in [0.4, 0.5) is 4.79 Å². The van der Waals surface area contributed by atoms with E-state index in [0.29, 0.717) is 6.54 Å². The van der Waals surface area contributed by atoms with E-state index in [0.717, 1.165) is 11.3 Å². The van der Waals surface area contributed by atoms with Crippen molar-refractivity contribution in [2.45, 2.75) is 26.0 Å². The Bertz CT molecular complexity index is 433. The fourth-order valence-electron chi connectivity index (χ4n) is 1.29. The fourth-order valence-corrected chi connectivity index (χ4v) is 1.29. The minimum absolute atomic E-state index is 0.0329. The van der Waals surface area contributed by atoms with E-state index >= 15 is 0 Å². The van der Waals surface area contributed by atoms with Gasteiger partial charge in [0.1, 0.15) is 0 Å². The topological polar surface area (TPSA) is 112 Å². The summed E-state index contributed by atoms with van der Waals surface area (Å²) < 4.78 is 0. The average Bonchev–Trinajstić information content (AvgIpc) is 2.37. The van der Waals surface area contributed by atoms with Crippen molar-refractivity contribution in [3.63, 3.8) is 0 Å². The number of aliphatic carboxylic acids is 1. The first-order valence-electron chi connectivity index (χ1n) is 5.83. The van der Waals surface area contributed by atoms with E-state index in [-0.39, 0.29) is 13.0 Å². The summed E-state index contributed by atoms with van der Waals surface area (Å²) in [5.74, 6) is -1.30. The third-order valence-electron chi connectivity index (χ3n) is 2.41. The summed E-state index contributed by atoms with van der Waals surface area (Å²) in [6.07, 6.45) is 0.181. The van der Waals surface area contributed by atoms with Gasteiger partial charge < -0.3 is 20.8 Å². The van der Waals surface area contributed by atoms with Gasteiger partial charge >= 0.3 is 12.0 Å². The van der Waals surface area contributed by atoms with Gasteiger partial charge in [0.25, 0.3) is 0 Å². The summed E-state index contributed by atoms with van der Waals surface area (Å²) in [6, 6.07) is 3.28. The molecular weight excluding hydrogens is 250 g/mol. The quantitative estimate of drug-likeness (QED) is 0.581. The Balaban J connectivity index is 2.21. The molecule has 7 nitrogen and oxygen atoms in total. The van der Waals surface area contributed by atoms with Crippen LogP contribution in [0.3, 0.4) is 0 Å². The molecule has 0 spiro atoms. The number of carboxylic acids is 1. The number of aromatic nitrogens is 1. The van der Waals surface area contributed by atoms with Crippen LogP contribution < -0.4 is 10.6 Å². The highest BCUT2D eigenvalue weighted by molar-refractivity contribution is 5.74. The molecule has 1 aromatic heterocycles. The zero-order valence-electron chi connectivity index (χ0n) is 10.6. The van der Waals surface area contributed by atoms with Crippen LogP contribution in [-0.2, 0) is 11.3 Å². The van der Waals surface area contributed by atoms with E-state index in [2.05, 4.69) is 15.6 Å². The van der Waals surface area contributed by atoms with E-state index in [1.54, 1.807) is 6.20 Å². The number of carbonyl (C=O) groups is 2. The average molecular weight is 267 g/mol. The van der Waals surface area contributed by atoms with Gasteiger partial charge in [0.15, 0.2) is 6.10 Å². The number of hydrogen-bond donors (Lipinski definition) is 4. The Morgan fingerprint density at radius 1 is 1.37 bits per heavy atom. The molecule has 104 valence electrons. The molecule has 0 radical (unpaired) electrons. The van der Waals surface area contributed by atoms with Crippen LogP contribution in [0.1, 0.15) is 17.7 Å². The Morgan fingerprint density at radius 2 is 2.11 bits per heavy atom. The lowest BCUT2D eigenvalue weighted by Gasteiger charge is -2.09. The summed E-state index contributed by atoms with van der Waals surface area (Å²) in [5.41, 5.74) is 1.77. The summed E-state index contributed by atoms with van der Waals surface area (Å²) in [6.45, 7) is 2.30. The predicted molar refractivity (Wildman–Crippen MR) is 67.5 cm³/mol. The van der Waals surface area contributed by atoms with Gasteiger partial charge in [-0.05, 0) is 18.6 Å². The molecule has 0 unspecified atom stereocenters. The van der Waals surface area contributed by atoms with Crippen molar-refractivity contribution in [2.75, 3.05) is 6.54 Å². The van der Waals surface area contributed by atoms with Crippen molar-refractivity contribution in [1.82, 2.24) is 15.6 Å². The molecule has 0 aromatic carbocycles. The molecule has 7 heteroatoms. The number of urea groups is 1. The fraction of sp³-hybridized carbons (Fsp3) is 0.417. The van der Waals surface area contributed by atoms with Crippen molar-refractivity contribution < 1.29 is 19.8 Å². The number of amides is 2. The van der Waals surface area contributed by atoms with E-state index < -0.39 is 18.1 Å². The SMILES string of the molecule is Cc1ccc(CNC(=O)NCC[C@H](O)C(=O)O)cn1. The number of carboxylic acid groups (broad SMARTS) is 1. The number of aliphatic hydroxyl groups excluding tert-OH is 1. The van der Waals surface area contributed by atoms with Gasteiger partial charge in [-0.15, -0.1) is 0 Å². The Morgan fingerprint density at radius 3 is 2.68 bits per heavy atom. The number of carbonyl (C=O) groups excluding carboxylic acids is 1. The van der Waals surface area contributed by atoms with Gasteiger partial charge in [0.05, 0.1) is 0 Å². The molecule has 1 aromatic rings. The zero-order chi connectivity index (χ0) is 14.3. The summed E-state index contributed by atoms with van der Waals surface area (Å²) >= 11 is 0. The van der Waals surface area contributed by atoms with Crippen molar-refractivity contribution in [2.24, 2.45) is 0 Å². The van der Waals surface area contributed by atoms with Crippen LogP contribution in [0.25, 0.3) is 0 Å². The van der Waals surface area contributed by atoms with Crippen LogP contribution in [0.2, 0.25) is 0 Å². The number of nitrogens with one attached hydrogen (secondary N) is 2. The van der Waals surface area contributed by atoms with Crippen LogP contribution in [0.5, 0.6) is 0 Å². The van der Waals surface area contributed by atoms with Gasteiger partial charge in [-0.3, -0.25) is 4.98 Å². The lowest BCUT2D eigenvalue weighted by molar-refractivity contribution is -0.146. The predicted octanol–water partition coefficient (Wildman–Crippen LogP) is 0.0248. The Labute approximate surface area is 110 Å². The Hall–Kier alpha value is -2.15. The molecule has 1 rings (SSSR count). The minimum atomic E-state index is -1.46. The van der Waals surface area contributed by atoms with Crippen LogP contribution in [0.15, 0.2) is 18.3 Å². The first-order chi connectivity index (χ1) is 8.99. The molecular formula is C12H17N3O4. The molecule has 0 saturated carbocycles. The number of pyridine rings is 1. The molecule has 0 aliphatic carbocycles. The van der Waals surface area contributed by atoms with Crippen molar-refractivity contribution >= 4 is 12.0 Å². The highest BCUT2D eigenvalue weighted by Crippen LogP contribution is 1.98. The van der Waals surface area contributed by atoms with E-state index in [1.807, 2.05) is 19.1 Å². The number of aliphatic hydroxyl groups is 1. The number of aryl methyl sites for hydroxylation is 1. The lowest BCUT2D eigenvalue weighted by Crippen LogP contribution is -2.37. The third-order valence-corrected chi connectivity index (χ3v) is 2.41. The first-order valence-corrected chi connectivity index (χ1v) is 5.83. The van der Waals surface area contributed by atoms with Gasteiger partial charge in [-0.2, -0.15) is 0 Å².